The van der Waals surface area contributed by atoms with Crippen LogP contribution in [0.15, 0.2) is 0 Å². The third-order valence-electron chi connectivity index (χ3n) is 1.91. The summed E-state index contributed by atoms with van der Waals surface area (Å²) in [5.74, 6) is 0. The van der Waals surface area contributed by atoms with E-state index in [1.54, 1.807) is 8.87 Å². The fraction of sp³-hybridized carbons (Fsp3) is 1.00. The first-order valence-corrected chi connectivity index (χ1v) is 9.16. The Hall–Kier alpha value is 1.15. The summed E-state index contributed by atoms with van der Waals surface area (Å²) < 4.78 is 3.28. The quantitative estimate of drug-likeness (QED) is 0.470. The Labute approximate surface area is 95.6 Å². The first-order valence-electron chi connectivity index (χ1n) is 5.12. The molecule has 0 aromatic carbocycles. The van der Waals surface area contributed by atoms with Crippen LogP contribution in [0.2, 0.25) is 8.87 Å². The zero-order valence-corrected chi connectivity index (χ0v) is 12.2. The topological polar surface area (TPSA) is 0 Å². The fourth-order valence-corrected chi connectivity index (χ4v) is 4.69. The van der Waals surface area contributed by atoms with Crippen molar-refractivity contribution in [3.63, 3.8) is 0 Å². The van der Waals surface area contributed by atoms with E-state index in [4.69, 9.17) is 0 Å². The van der Waals surface area contributed by atoms with E-state index < -0.39 is 0 Å². The Kier molecular flexibility index (Phi) is 19.1. The molecule has 0 fully saturated rings. The first kappa shape index (κ1) is 15.6. The van der Waals surface area contributed by atoms with E-state index in [9.17, 15) is 0 Å². The molecule has 0 amide bonds. The van der Waals surface area contributed by atoms with Gasteiger partial charge in [0.15, 0.2) is 0 Å². The molecule has 0 saturated carbocycles. The van der Waals surface area contributed by atoms with Crippen LogP contribution in [0, 0.1) is 0 Å². The Morgan fingerprint density at radius 2 is 1.17 bits per heavy atom. The summed E-state index contributed by atoms with van der Waals surface area (Å²) >= 11 is 0.124. The molecule has 0 atom stereocenters. The number of hydrogen-bond acceptors (Lipinski definition) is 0. The maximum atomic E-state index is 2.29. The molecule has 0 aliphatic carbocycles. The Morgan fingerprint density at radius 3 is 1.50 bits per heavy atom. The Morgan fingerprint density at radius 1 is 0.750 bits per heavy atom. The standard InChI is InChI=1S/2C5H11.S.Sn/c2*1-3-5-4-2;;/h2*1,3-5H2,2H3;;/q;;-2;+2. The molecule has 0 heterocycles. The smallest absolute Gasteiger partial charge is 2.00 e. The van der Waals surface area contributed by atoms with Gasteiger partial charge in [0.05, 0.1) is 0 Å². The van der Waals surface area contributed by atoms with Crippen LogP contribution < -0.4 is 0 Å². The molecule has 72 valence electrons. The van der Waals surface area contributed by atoms with Crippen LogP contribution in [0.4, 0.5) is 0 Å². The first-order chi connectivity index (χ1) is 5.41. The van der Waals surface area contributed by atoms with Gasteiger partial charge in [-0.2, -0.15) is 0 Å². The Bertz CT molecular complexity index is 58.9. The van der Waals surface area contributed by atoms with Gasteiger partial charge in [0.2, 0.25) is 0 Å². The zero-order valence-electron chi connectivity index (χ0n) is 8.57. The van der Waals surface area contributed by atoms with Crippen molar-refractivity contribution in [2.45, 2.75) is 61.2 Å². The summed E-state index contributed by atoms with van der Waals surface area (Å²) in [7, 11) is 0. The largest absolute Gasteiger partial charge is 2.00 e. The van der Waals surface area contributed by atoms with Crippen molar-refractivity contribution in [2.24, 2.45) is 0 Å². The molecule has 0 saturated heterocycles. The van der Waals surface area contributed by atoms with Gasteiger partial charge in [-0.3, -0.25) is 0 Å². The third kappa shape index (κ3) is 13.7. The molecule has 2 heteroatoms. The van der Waals surface area contributed by atoms with E-state index in [0.29, 0.717) is 0 Å². The van der Waals surface area contributed by atoms with Crippen molar-refractivity contribution in [2.75, 3.05) is 0 Å². The van der Waals surface area contributed by atoms with Gasteiger partial charge in [-0.25, -0.2) is 0 Å². The SMILES string of the molecule is CCCC[CH2][Sn+2][CH2]CCCC.[S-2]. The summed E-state index contributed by atoms with van der Waals surface area (Å²) in [5, 5.41) is 0. The minimum Gasteiger partial charge on any atom is -2.00 e. The average Bonchev–Trinajstić information content (AvgIpc) is 2.03. The molecule has 0 aromatic heterocycles. The molecule has 0 aliphatic heterocycles. The van der Waals surface area contributed by atoms with Crippen molar-refractivity contribution >= 4 is 34.6 Å². The van der Waals surface area contributed by atoms with Crippen molar-refractivity contribution in [3.8, 4) is 0 Å². The molecule has 0 aliphatic rings. The minimum atomic E-state index is 0. The number of hydrogen-bond donors (Lipinski definition) is 0. The molecule has 12 heavy (non-hydrogen) atoms. The van der Waals surface area contributed by atoms with Crippen LogP contribution in [0.3, 0.4) is 0 Å². The van der Waals surface area contributed by atoms with Crippen LogP contribution in [0.25, 0.3) is 0 Å². The average molecular weight is 293 g/mol. The van der Waals surface area contributed by atoms with Crippen LogP contribution in [0.5, 0.6) is 0 Å². The van der Waals surface area contributed by atoms with E-state index >= 15 is 0 Å². The van der Waals surface area contributed by atoms with Crippen LogP contribution in [-0.4, -0.2) is 21.1 Å². The van der Waals surface area contributed by atoms with Gasteiger partial charge in [0.1, 0.15) is 0 Å². The van der Waals surface area contributed by atoms with Crippen molar-refractivity contribution in [3.05, 3.63) is 0 Å². The molecule has 0 N–H and O–H groups in total. The van der Waals surface area contributed by atoms with Gasteiger partial charge in [-0.1, -0.05) is 0 Å². The second-order valence-corrected chi connectivity index (χ2v) is 7.45. The predicted molar refractivity (Wildman–Crippen MR) is 61.8 cm³/mol. The van der Waals surface area contributed by atoms with Gasteiger partial charge >= 0.3 is 82.4 Å². The van der Waals surface area contributed by atoms with Crippen LogP contribution >= 0.6 is 0 Å². The van der Waals surface area contributed by atoms with Gasteiger partial charge in [-0.15, -0.1) is 0 Å². The second-order valence-electron chi connectivity index (χ2n) is 3.16. The molecule has 0 nitrogen and oxygen atoms in total. The Balaban J connectivity index is 0. The zero-order chi connectivity index (χ0) is 8.36. The van der Waals surface area contributed by atoms with Gasteiger partial charge in [-0.05, 0) is 0 Å². The summed E-state index contributed by atoms with van der Waals surface area (Å²) in [5.41, 5.74) is 0. The minimum absolute atomic E-state index is 0. The molecule has 0 radical (unpaired) electrons. The number of rotatable bonds is 8. The van der Waals surface area contributed by atoms with E-state index in [0.717, 1.165) is 0 Å². The summed E-state index contributed by atoms with van der Waals surface area (Å²) in [6.45, 7) is 4.59. The molecule has 0 rings (SSSR count). The molecule has 0 aromatic rings. The van der Waals surface area contributed by atoms with E-state index in [2.05, 4.69) is 13.8 Å². The van der Waals surface area contributed by atoms with E-state index in [1.807, 2.05) is 0 Å². The molecular weight excluding hydrogens is 271 g/mol. The van der Waals surface area contributed by atoms with E-state index in [-0.39, 0.29) is 34.6 Å². The van der Waals surface area contributed by atoms with E-state index in [1.165, 1.54) is 38.5 Å². The van der Waals surface area contributed by atoms with Gasteiger partial charge in [0.25, 0.3) is 0 Å². The van der Waals surface area contributed by atoms with Crippen molar-refractivity contribution in [1.29, 1.82) is 0 Å². The number of unbranched alkanes of at least 4 members (excludes halogenated alkanes) is 4. The summed E-state index contributed by atoms with van der Waals surface area (Å²) in [4.78, 5) is 0. The second kappa shape index (κ2) is 14.7. The van der Waals surface area contributed by atoms with Crippen molar-refractivity contribution in [1.82, 2.24) is 0 Å². The monoisotopic (exact) mass is 294 g/mol. The maximum Gasteiger partial charge on any atom is -2.00 e. The molecular formula is C10H22SSn. The molecule has 0 unspecified atom stereocenters. The van der Waals surface area contributed by atoms with Gasteiger partial charge in [0, 0.05) is 0 Å². The molecule has 0 bridgehead atoms. The fourth-order valence-electron chi connectivity index (χ4n) is 1.12. The normalized spacial score (nSPS) is 8.83. The predicted octanol–water partition coefficient (Wildman–Crippen LogP) is 3.91. The van der Waals surface area contributed by atoms with Gasteiger partial charge < -0.3 is 13.5 Å². The summed E-state index contributed by atoms with van der Waals surface area (Å²) in [6.07, 6.45) is 8.83. The summed E-state index contributed by atoms with van der Waals surface area (Å²) in [6, 6.07) is 0. The third-order valence-corrected chi connectivity index (χ3v) is 5.95. The molecule has 0 spiro atoms. The van der Waals surface area contributed by atoms with Crippen LogP contribution in [-0.2, 0) is 13.5 Å². The van der Waals surface area contributed by atoms with Crippen LogP contribution in [0.1, 0.15) is 52.4 Å². The maximum absolute atomic E-state index is 2.29. The van der Waals surface area contributed by atoms with Crippen molar-refractivity contribution < 1.29 is 0 Å².